The maximum Gasteiger partial charge on any atom is 0.101 e. The molecule has 2 nitrogen and oxygen atoms in total. The molecule has 0 saturated carbocycles. The lowest BCUT2D eigenvalue weighted by molar-refractivity contribution is 0.786. The molecular formula is C7H14N2Si. The minimum atomic E-state index is -1.13. The van der Waals surface area contributed by atoms with Crippen LogP contribution in [-0.4, -0.2) is 17.9 Å². The molecule has 0 aliphatic heterocycles. The lowest BCUT2D eigenvalue weighted by Gasteiger charge is -2.15. The molecule has 1 aromatic rings. The molecule has 0 spiro atoms. The highest BCUT2D eigenvalue weighted by Gasteiger charge is 2.19. The SMILES string of the molecule is Cn1nccc1[Si](C)(C)C. The lowest BCUT2D eigenvalue weighted by Crippen LogP contribution is -2.42. The number of aryl methyl sites for hydroxylation is 1. The van der Waals surface area contributed by atoms with Gasteiger partial charge in [-0.3, -0.25) is 4.68 Å². The Balaban J connectivity index is 3.05. The minimum absolute atomic E-state index is 1.13. The average molecular weight is 154 g/mol. The normalized spacial score (nSPS) is 12.0. The highest BCUT2D eigenvalue weighted by atomic mass is 28.3. The van der Waals surface area contributed by atoms with E-state index in [0.29, 0.717) is 0 Å². The fourth-order valence-corrected chi connectivity index (χ4v) is 2.71. The van der Waals surface area contributed by atoms with E-state index in [2.05, 4.69) is 30.8 Å². The third-order valence-corrected chi connectivity index (χ3v) is 3.62. The second-order valence-corrected chi connectivity index (χ2v) is 8.60. The largest absolute Gasteiger partial charge is 0.277 e. The van der Waals surface area contributed by atoms with Gasteiger partial charge in [-0.05, 0) is 6.07 Å². The van der Waals surface area contributed by atoms with Crippen LogP contribution in [0.3, 0.4) is 0 Å². The molecule has 1 rings (SSSR count). The zero-order valence-electron chi connectivity index (χ0n) is 7.05. The molecule has 0 radical (unpaired) electrons. The van der Waals surface area contributed by atoms with Gasteiger partial charge in [-0.25, -0.2) is 0 Å². The molecule has 3 heteroatoms. The van der Waals surface area contributed by atoms with Crippen LogP contribution >= 0.6 is 0 Å². The Bertz CT molecular complexity index is 222. The van der Waals surface area contributed by atoms with Gasteiger partial charge in [0.1, 0.15) is 8.07 Å². The molecule has 0 aliphatic rings. The van der Waals surface area contributed by atoms with Gasteiger partial charge in [0.15, 0.2) is 0 Å². The molecule has 0 amide bonds. The Kier molecular flexibility index (Phi) is 1.68. The van der Waals surface area contributed by atoms with Crippen molar-refractivity contribution in [1.82, 2.24) is 9.78 Å². The van der Waals surface area contributed by atoms with Crippen molar-refractivity contribution < 1.29 is 0 Å². The summed E-state index contributed by atoms with van der Waals surface area (Å²) in [5.74, 6) is 0. The second kappa shape index (κ2) is 2.23. The molecule has 1 heterocycles. The Hall–Kier alpha value is -0.573. The number of hydrogen-bond acceptors (Lipinski definition) is 1. The van der Waals surface area contributed by atoms with Gasteiger partial charge in [-0.1, -0.05) is 19.6 Å². The highest BCUT2D eigenvalue weighted by Crippen LogP contribution is 1.99. The molecule has 0 saturated heterocycles. The summed E-state index contributed by atoms with van der Waals surface area (Å²) in [6, 6.07) is 2.12. The zero-order valence-corrected chi connectivity index (χ0v) is 8.05. The monoisotopic (exact) mass is 154 g/mol. The van der Waals surface area contributed by atoms with Crippen molar-refractivity contribution in [2.75, 3.05) is 0 Å². The van der Waals surface area contributed by atoms with Crippen molar-refractivity contribution in [2.24, 2.45) is 7.05 Å². The summed E-state index contributed by atoms with van der Waals surface area (Å²) in [6.45, 7) is 6.97. The number of hydrogen-bond donors (Lipinski definition) is 0. The van der Waals surface area contributed by atoms with Gasteiger partial charge in [0.2, 0.25) is 0 Å². The first-order valence-corrected chi connectivity index (χ1v) is 7.00. The predicted octanol–water partition coefficient (Wildman–Crippen LogP) is 0.965. The van der Waals surface area contributed by atoms with E-state index in [9.17, 15) is 0 Å². The van der Waals surface area contributed by atoms with E-state index < -0.39 is 8.07 Å². The minimum Gasteiger partial charge on any atom is -0.277 e. The Labute approximate surface area is 62.9 Å². The van der Waals surface area contributed by atoms with Gasteiger partial charge < -0.3 is 0 Å². The van der Waals surface area contributed by atoms with Gasteiger partial charge in [0.05, 0.1) is 0 Å². The molecule has 0 bridgehead atoms. The van der Waals surface area contributed by atoms with Crippen LogP contribution in [0, 0.1) is 0 Å². The molecule has 0 unspecified atom stereocenters. The van der Waals surface area contributed by atoms with Crippen molar-refractivity contribution in [3.8, 4) is 0 Å². The Morgan fingerprint density at radius 2 is 2.00 bits per heavy atom. The van der Waals surface area contributed by atoms with Crippen molar-refractivity contribution in [1.29, 1.82) is 0 Å². The topological polar surface area (TPSA) is 17.8 Å². The molecule has 0 fully saturated rings. The Morgan fingerprint density at radius 3 is 2.20 bits per heavy atom. The van der Waals surface area contributed by atoms with Crippen LogP contribution in [0.4, 0.5) is 0 Å². The van der Waals surface area contributed by atoms with Gasteiger partial charge in [-0.2, -0.15) is 5.10 Å². The van der Waals surface area contributed by atoms with Crippen molar-refractivity contribution in [3.05, 3.63) is 12.3 Å². The summed E-state index contributed by atoms with van der Waals surface area (Å²) < 4.78 is 1.98. The van der Waals surface area contributed by atoms with Crippen LogP contribution in [0.1, 0.15) is 0 Å². The number of aromatic nitrogens is 2. The smallest absolute Gasteiger partial charge is 0.101 e. The summed E-state index contributed by atoms with van der Waals surface area (Å²) in [5.41, 5.74) is 0. The van der Waals surface area contributed by atoms with Crippen LogP contribution in [0.2, 0.25) is 19.6 Å². The van der Waals surface area contributed by atoms with E-state index in [1.54, 1.807) is 0 Å². The summed E-state index contributed by atoms with van der Waals surface area (Å²) >= 11 is 0. The van der Waals surface area contributed by atoms with Gasteiger partial charge in [0, 0.05) is 18.6 Å². The molecule has 0 aromatic carbocycles. The van der Waals surface area contributed by atoms with Crippen LogP contribution in [-0.2, 0) is 7.05 Å². The van der Waals surface area contributed by atoms with Crippen molar-refractivity contribution >= 4 is 13.4 Å². The maximum atomic E-state index is 4.13. The van der Waals surface area contributed by atoms with Crippen LogP contribution in [0.5, 0.6) is 0 Å². The van der Waals surface area contributed by atoms with E-state index in [1.165, 1.54) is 5.32 Å². The number of nitrogens with zero attached hydrogens (tertiary/aromatic N) is 2. The maximum absolute atomic E-state index is 4.13. The average Bonchev–Trinajstić information content (AvgIpc) is 2.11. The van der Waals surface area contributed by atoms with Crippen LogP contribution in [0.25, 0.3) is 0 Å². The van der Waals surface area contributed by atoms with Gasteiger partial charge in [-0.15, -0.1) is 0 Å². The fraction of sp³-hybridized carbons (Fsp3) is 0.571. The Morgan fingerprint density at radius 1 is 1.40 bits per heavy atom. The van der Waals surface area contributed by atoms with E-state index in [-0.39, 0.29) is 0 Å². The molecule has 1 aromatic heterocycles. The summed E-state index contributed by atoms with van der Waals surface area (Å²) in [6.07, 6.45) is 1.87. The lowest BCUT2D eigenvalue weighted by atomic mass is 10.7. The van der Waals surface area contributed by atoms with Crippen LogP contribution in [0.15, 0.2) is 12.3 Å². The van der Waals surface area contributed by atoms with E-state index in [0.717, 1.165) is 0 Å². The quantitative estimate of drug-likeness (QED) is 0.551. The number of rotatable bonds is 1. The first-order valence-electron chi connectivity index (χ1n) is 3.50. The zero-order chi connectivity index (χ0) is 7.78. The van der Waals surface area contributed by atoms with Gasteiger partial charge in [0.25, 0.3) is 0 Å². The molecule has 10 heavy (non-hydrogen) atoms. The van der Waals surface area contributed by atoms with E-state index >= 15 is 0 Å². The predicted molar refractivity (Wildman–Crippen MR) is 46.2 cm³/mol. The van der Waals surface area contributed by atoms with Gasteiger partial charge >= 0.3 is 0 Å². The van der Waals surface area contributed by atoms with Crippen molar-refractivity contribution in [2.45, 2.75) is 19.6 Å². The standard InChI is InChI=1S/C7H14N2Si/c1-9-7(5-6-8-9)10(2,3)4/h5-6H,1-4H3. The third kappa shape index (κ3) is 1.29. The summed E-state index contributed by atoms with van der Waals surface area (Å²) in [5, 5.41) is 5.54. The highest BCUT2D eigenvalue weighted by molar-refractivity contribution is 6.88. The molecule has 0 aliphatic carbocycles. The summed E-state index contributed by atoms with van der Waals surface area (Å²) in [4.78, 5) is 0. The molecule has 56 valence electrons. The third-order valence-electron chi connectivity index (χ3n) is 1.59. The van der Waals surface area contributed by atoms with Crippen LogP contribution < -0.4 is 5.32 Å². The fourth-order valence-electron chi connectivity index (χ4n) is 1.11. The molecule has 0 atom stereocenters. The molecule has 0 N–H and O–H groups in total. The summed E-state index contributed by atoms with van der Waals surface area (Å²) in [7, 11) is 0.882. The first-order chi connectivity index (χ1) is 4.52. The van der Waals surface area contributed by atoms with Crippen molar-refractivity contribution in [3.63, 3.8) is 0 Å². The second-order valence-electron chi connectivity index (χ2n) is 3.59. The molecular weight excluding hydrogens is 140 g/mol. The first kappa shape index (κ1) is 7.53. The van der Waals surface area contributed by atoms with E-state index in [4.69, 9.17) is 0 Å². The van der Waals surface area contributed by atoms with E-state index in [1.807, 2.05) is 17.9 Å².